The molecule has 1 saturated carbocycles. The molecule has 136 valence electrons. The van der Waals surface area contributed by atoms with Crippen LogP contribution in [-0.4, -0.2) is 48.3 Å². The molecule has 2 heterocycles. The van der Waals surface area contributed by atoms with Gasteiger partial charge in [-0.1, -0.05) is 0 Å². The van der Waals surface area contributed by atoms with Crippen molar-refractivity contribution in [1.82, 2.24) is 10.2 Å². The lowest BCUT2D eigenvalue weighted by molar-refractivity contribution is 0.110. The second-order valence-electron chi connectivity index (χ2n) is 7.17. The van der Waals surface area contributed by atoms with Crippen LogP contribution < -0.4 is 11.1 Å². The Kier molecular flexibility index (Phi) is 4.11. The van der Waals surface area contributed by atoms with E-state index < -0.39 is 17.5 Å². The minimum Gasteiger partial charge on any atom is -0.443 e. The fraction of sp³-hybridized carbons (Fsp3) is 0.588. The van der Waals surface area contributed by atoms with Crippen LogP contribution in [0.3, 0.4) is 0 Å². The second-order valence-corrected chi connectivity index (χ2v) is 7.17. The first-order valence-electron chi connectivity index (χ1n) is 8.53. The topological polar surface area (TPSA) is 67.6 Å². The summed E-state index contributed by atoms with van der Waals surface area (Å²) in [5.41, 5.74) is 6.40. The fourth-order valence-corrected chi connectivity index (χ4v) is 4.40. The largest absolute Gasteiger partial charge is 0.443 e. The summed E-state index contributed by atoms with van der Waals surface area (Å²) in [6, 6.07) is 1.40. The third kappa shape index (κ3) is 2.97. The minimum absolute atomic E-state index is 0.00471. The summed E-state index contributed by atoms with van der Waals surface area (Å²) < 4.78 is 45.9. The van der Waals surface area contributed by atoms with Gasteiger partial charge < -0.3 is 15.8 Å². The third-order valence-electron chi connectivity index (χ3n) is 5.68. The summed E-state index contributed by atoms with van der Waals surface area (Å²) >= 11 is 0. The van der Waals surface area contributed by atoms with Crippen molar-refractivity contribution in [3.8, 4) is 0 Å². The van der Waals surface area contributed by atoms with Gasteiger partial charge in [-0.25, -0.2) is 18.0 Å². The highest BCUT2D eigenvalue weighted by atomic mass is 19.2. The van der Waals surface area contributed by atoms with E-state index in [2.05, 4.69) is 10.2 Å². The van der Waals surface area contributed by atoms with Crippen molar-refractivity contribution < 1.29 is 22.7 Å². The van der Waals surface area contributed by atoms with E-state index in [4.69, 9.17) is 10.5 Å². The van der Waals surface area contributed by atoms with Crippen LogP contribution in [0.25, 0.3) is 0 Å². The van der Waals surface area contributed by atoms with Crippen LogP contribution in [0.5, 0.6) is 0 Å². The van der Waals surface area contributed by atoms with E-state index in [0.29, 0.717) is 32.0 Å². The van der Waals surface area contributed by atoms with Gasteiger partial charge in [-0.2, -0.15) is 0 Å². The summed E-state index contributed by atoms with van der Waals surface area (Å²) in [7, 11) is 0. The molecule has 2 aliphatic heterocycles. The Labute approximate surface area is 143 Å². The molecule has 3 aliphatic rings. The molecule has 8 heteroatoms. The van der Waals surface area contributed by atoms with Crippen LogP contribution in [0.1, 0.15) is 30.7 Å². The zero-order valence-electron chi connectivity index (χ0n) is 13.6. The van der Waals surface area contributed by atoms with E-state index in [-0.39, 0.29) is 41.8 Å². The van der Waals surface area contributed by atoms with Gasteiger partial charge >= 0.3 is 6.09 Å². The second kappa shape index (κ2) is 6.17. The molecule has 0 spiro atoms. The number of nitrogens with zero attached hydrogens (tertiary/aromatic N) is 1. The number of benzene rings is 1. The normalized spacial score (nSPS) is 35.4. The van der Waals surface area contributed by atoms with Crippen LogP contribution in [0.15, 0.2) is 12.1 Å². The molecule has 0 bridgehead atoms. The number of hydrogen-bond donors (Lipinski definition) is 2. The van der Waals surface area contributed by atoms with E-state index in [9.17, 15) is 18.0 Å². The lowest BCUT2D eigenvalue weighted by atomic mass is 9.77. The van der Waals surface area contributed by atoms with Gasteiger partial charge in [0.1, 0.15) is 11.9 Å². The smallest absolute Gasteiger partial charge is 0.407 e. The van der Waals surface area contributed by atoms with Gasteiger partial charge in [-0.3, -0.25) is 4.90 Å². The number of carbonyl (C=O) groups excluding carboxylic acids is 1. The highest BCUT2D eigenvalue weighted by Crippen LogP contribution is 2.37. The third-order valence-corrected chi connectivity index (χ3v) is 5.68. The van der Waals surface area contributed by atoms with Crippen LogP contribution in [0.2, 0.25) is 0 Å². The quantitative estimate of drug-likeness (QED) is 0.795. The van der Waals surface area contributed by atoms with E-state index in [0.717, 1.165) is 12.5 Å². The Morgan fingerprint density at radius 3 is 2.60 bits per heavy atom. The van der Waals surface area contributed by atoms with E-state index >= 15 is 0 Å². The van der Waals surface area contributed by atoms with Crippen LogP contribution in [-0.2, 0) is 4.74 Å². The van der Waals surface area contributed by atoms with Crippen molar-refractivity contribution in [2.24, 2.45) is 5.73 Å². The van der Waals surface area contributed by atoms with Crippen molar-refractivity contribution >= 4 is 6.09 Å². The van der Waals surface area contributed by atoms with Crippen LogP contribution >= 0.6 is 0 Å². The Morgan fingerprint density at radius 1 is 1.12 bits per heavy atom. The molecule has 1 amide bonds. The van der Waals surface area contributed by atoms with Crippen molar-refractivity contribution in [2.45, 2.75) is 49.4 Å². The number of fused-ring (bicyclic) bond motifs is 1. The molecule has 25 heavy (non-hydrogen) atoms. The molecule has 0 radical (unpaired) electrons. The maximum Gasteiger partial charge on any atom is 0.407 e. The first kappa shape index (κ1) is 16.7. The first-order chi connectivity index (χ1) is 11.9. The number of nitrogens with one attached hydrogen (secondary N) is 1. The molecule has 3 N–H and O–H groups in total. The van der Waals surface area contributed by atoms with E-state index in [1.165, 1.54) is 0 Å². The monoisotopic (exact) mass is 355 g/mol. The number of amides is 1. The highest BCUT2D eigenvalue weighted by Gasteiger charge is 2.45. The number of alkyl carbamates (subject to hydrolysis) is 1. The van der Waals surface area contributed by atoms with Gasteiger partial charge in [0.05, 0.1) is 6.04 Å². The molecule has 0 aromatic heterocycles. The minimum atomic E-state index is -1.19. The van der Waals surface area contributed by atoms with Gasteiger partial charge in [-0.15, -0.1) is 0 Å². The molecule has 4 rings (SSSR count). The molecule has 1 aromatic rings. The molecule has 5 nitrogen and oxygen atoms in total. The lowest BCUT2D eigenvalue weighted by Gasteiger charge is -2.39. The standard InChI is InChI=1S/C17H20F3N3O2/c18-11-5-13(20)12(19)4-10(11)9-2-1-8(3-14(9)21)23-6-15-16(7-23)25-17(24)22-15/h4-5,8-9,14-16H,1-3,6-7,21H2,(H,22,24)/t8-,9+,14-,15+,16-/m0/s1. The first-order valence-corrected chi connectivity index (χ1v) is 8.53. The molecule has 1 aromatic carbocycles. The van der Waals surface area contributed by atoms with Crippen molar-refractivity contribution in [3.63, 3.8) is 0 Å². The zero-order valence-corrected chi connectivity index (χ0v) is 13.6. The number of hydrogen-bond acceptors (Lipinski definition) is 4. The fourth-order valence-electron chi connectivity index (χ4n) is 4.40. The number of likely N-dealkylation sites (tertiary alicyclic amines) is 1. The van der Waals surface area contributed by atoms with Gasteiger partial charge in [0.25, 0.3) is 0 Å². The SMILES string of the molecule is N[C@H]1C[C@@H](N2C[C@@H]3OC(=O)N[C@@H]3C2)CC[C@@H]1c1cc(F)c(F)cc1F. The number of rotatable bonds is 2. The van der Waals surface area contributed by atoms with Gasteiger partial charge in [0.2, 0.25) is 0 Å². The number of carbonyl (C=O) groups is 1. The maximum atomic E-state index is 14.0. The van der Waals surface area contributed by atoms with Gasteiger partial charge in [0.15, 0.2) is 11.6 Å². The summed E-state index contributed by atoms with van der Waals surface area (Å²) in [6.45, 7) is 1.36. The van der Waals surface area contributed by atoms with Crippen LogP contribution in [0.4, 0.5) is 18.0 Å². The van der Waals surface area contributed by atoms with Crippen LogP contribution in [0, 0.1) is 17.5 Å². The van der Waals surface area contributed by atoms with Gasteiger partial charge in [0, 0.05) is 37.2 Å². The van der Waals surface area contributed by atoms with Crippen molar-refractivity contribution in [2.75, 3.05) is 13.1 Å². The Balaban J connectivity index is 1.43. The predicted octanol–water partition coefficient (Wildman–Crippen LogP) is 1.86. The summed E-state index contributed by atoms with van der Waals surface area (Å²) in [5, 5.41) is 2.79. The maximum absolute atomic E-state index is 14.0. The lowest BCUT2D eigenvalue weighted by Crippen LogP contribution is -2.46. The Hall–Kier alpha value is -1.80. The number of ether oxygens (including phenoxy) is 1. The number of nitrogens with two attached hydrogens (primary N) is 1. The number of halogens is 3. The molecular weight excluding hydrogens is 335 g/mol. The van der Waals surface area contributed by atoms with E-state index in [1.807, 2.05) is 0 Å². The average molecular weight is 355 g/mol. The highest BCUT2D eigenvalue weighted by molar-refractivity contribution is 5.70. The predicted molar refractivity (Wildman–Crippen MR) is 83.4 cm³/mol. The van der Waals surface area contributed by atoms with E-state index in [1.54, 1.807) is 0 Å². The molecular formula is C17H20F3N3O2. The summed E-state index contributed by atoms with van der Waals surface area (Å²) in [4.78, 5) is 13.5. The Bertz CT molecular complexity index is 686. The Morgan fingerprint density at radius 2 is 1.88 bits per heavy atom. The van der Waals surface area contributed by atoms with Crippen molar-refractivity contribution in [3.05, 3.63) is 35.1 Å². The zero-order chi connectivity index (χ0) is 17.7. The molecule has 5 atom stereocenters. The summed E-state index contributed by atoms with van der Waals surface area (Å²) in [6.07, 6.45) is 1.52. The van der Waals surface area contributed by atoms with Crippen molar-refractivity contribution in [1.29, 1.82) is 0 Å². The summed E-state index contributed by atoms with van der Waals surface area (Å²) in [5.74, 6) is -3.31. The average Bonchev–Trinajstić information content (AvgIpc) is 3.08. The van der Waals surface area contributed by atoms with Gasteiger partial charge in [-0.05, 0) is 30.9 Å². The molecule has 0 unspecified atom stereocenters. The molecule has 2 saturated heterocycles. The molecule has 1 aliphatic carbocycles. The molecule has 3 fully saturated rings.